The highest BCUT2D eigenvalue weighted by molar-refractivity contribution is 6.17. The number of aromatic carboxylic acids is 1. The molecule has 0 radical (unpaired) electrons. The Bertz CT molecular complexity index is 1010. The number of hydrazone groups is 1. The molecule has 2 N–H and O–H groups in total. The van der Waals surface area contributed by atoms with Gasteiger partial charge in [-0.3, -0.25) is 5.43 Å². The van der Waals surface area contributed by atoms with Crippen molar-refractivity contribution in [2.45, 2.75) is 6.92 Å². The first-order chi connectivity index (χ1) is 13.0. The van der Waals surface area contributed by atoms with Crippen LogP contribution in [0, 0.1) is 18.6 Å². The van der Waals surface area contributed by atoms with Gasteiger partial charge in [-0.15, -0.1) is 0 Å². The van der Waals surface area contributed by atoms with E-state index in [-0.39, 0.29) is 11.3 Å². The third-order valence-corrected chi connectivity index (χ3v) is 3.96. The second-order valence-electron chi connectivity index (χ2n) is 5.91. The molecule has 0 bridgehead atoms. The average molecular weight is 366 g/mol. The third-order valence-electron chi connectivity index (χ3n) is 3.96. The van der Waals surface area contributed by atoms with Crippen molar-refractivity contribution in [3.05, 3.63) is 101 Å². The Kier molecular flexibility index (Phi) is 5.26. The molecule has 0 aliphatic heterocycles. The number of hydrogen-bond acceptors (Lipinski definition) is 3. The Morgan fingerprint density at radius 2 is 1.63 bits per heavy atom. The van der Waals surface area contributed by atoms with Gasteiger partial charge >= 0.3 is 5.97 Å². The summed E-state index contributed by atoms with van der Waals surface area (Å²) in [5.41, 5.74) is 5.01. The first-order valence-corrected chi connectivity index (χ1v) is 8.14. The number of carboxylic acids is 1. The Balaban J connectivity index is 2.10. The molecule has 0 aliphatic rings. The molecule has 136 valence electrons. The molecule has 3 rings (SSSR count). The van der Waals surface area contributed by atoms with Crippen LogP contribution < -0.4 is 5.43 Å². The fourth-order valence-corrected chi connectivity index (χ4v) is 2.56. The van der Waals surface area contributed by atoms with Crippen LogP contribution in [0.5, 0.6) is 0 Å². The van der Waals surface area contributed by atoms with Crippen LogP contribution in [0.25, 0.3) is 0 Å². The molecule has 0 heterocycles. The maximum absolute atomic E-state index is 13.9. The average Bonchev–Trinajstić information content (AvgIpc) is 2.65. The van der Waals surface area contributed by atoms with Crippen molar-refractivity contribution < 1.29 is 18.7 Å². The summed E-state index contributed by atoms with van der Waals surface area (Å²) in [5.74, 6) is -2.59. The Morgan fingerprint density at radius 1 is 0.963 bits per heavy atom. The lowest BCUT2D eigenvalue weighted by Gasteiger charge is -2.12. The highest BCUT2D eigenvalue weighted by atomic mass is 19.1. The molecule has 0 amide bonds. The largest absolute Gasteiger partial charge is 0.478 e. The van der Waals surface area contributed by atoms with Gasteiger partial charge in [0.15, 0.2) is 5.82 Å². The number of carboxylic acid groups (broad SMARTS) is 1. The molecular formula is C21H16F2N2O2. The second-order valence-corrected chi connectivity index (χ2v) is 5.91. The summed E-state index contributed by atoms with van der Waals surface area (Å²) in [5, 5.41) is 13.7. The van der Waals surface area contributed by atoms with Gasteiger partial charge in [0.25, 0.3) is 0 Å². The van der Waals surface area contributed by atoms with Gasteiger partial charge < -0.3 is 5.11 Å². The quantitative estimate of drug-likeness (QED) is 0.502. The number of nitrogens with zero attached hydrogens (tertiary/aromatic N) is 1. The van der Waals surface area contributed by atoms with Crippen molar-refractivity contribution in [3.63, 3.8) is 0 Å². The molecule has 0 fully saturated rings. The molecule has 27 heavy (non-hydrogen) atoms. The highest BCUT2D eigenvalue weighted by Crippen LogP contribution is 2.19. The van der Waals surface area contributed by atoms with Gasteiger partial charge in [0.1, 0.15) is 5.82 Å². The number of aryl methyl sites for hydroxylation is 1. The van der Waals surface area contributed by atoms with Crippen LogP contribution in [0.4, 0.5) is 14.5 Å². The zero-order valence-corrected chi connectivity index (χ0v) is 14.4. The molecule has 0 aliphatic carbocycles. The monoisotopic (exact) mass is 366 g/mol. The molecular weight excluding hydrogens is 350 g/mol. The van der Waals surface area contributed by atoms with Crippen LogP contribution in [-0.2, 0) is 0 Å². The molecule has 0 saturated heterocycles. The van der Waals surface area contributed by atoms with E-state index in [2.05, 4.69) is 10.5 Å². The summed E-state index contributed by atoms with van der Waals surface area (Å²) in [7, 11) is 0. The van der Waals surface area contributed by atoms with E-state index in [9.17, 15) is 18.7 Å². The smallest absolute Gasteiger partial charge is 0.336 e. The maximum atomic E-state index is 13.9. The minimum atomic E-state index is -1.10. The Morgan fingerprint density at radius 3 is 2.26 bits per heavy atom. The minimum absolute atomic E-state index is 0.0196. The zero-order chi connectivity index (χ0) is 19.4. The molecule has 0 saturated carbocycles. The fraction of sp³-hybridized carbons (Fsp3) is 0.0476. The highest BCUT2D eigenvalue weighted by Gasteiger charge is 2.16. The predicted octanol–water partition coefficient (Wildman–Crippen LogP) is 4.84. The molecule has 0 aromatic heterocycles. The summed E-state index contributed by atoms with van der Waals surface area (Å²) in [6.07, 6.45) is 0. The lowest BCUT2D eigenvalue weighted by atomic mass is 9.97. The van der Waals surface area contributed by atoms with E-state index in [1.54, 1.807) is 30.3 Å². The number of anilines is 1. The van der Waals surface area contributed by atoms with Crippen LogP contribution in [0.3, 0.4) is 0 Å². The normalized spacial score (nSPS) is 11.3. The van der Waals surface area contributed by atoms with Gasteiger partial charge in [0.2, 0.25) is 0 Å². The van der Waals surface area contributed by atoms with Crippen LogP contribution in [0.2, 0.25) is 0 Å². The van der Waals surface area contributed by atoms with E-state index in [0.717, 1.165) is 17.7 Å². The van der Waals surface area contributed by atoms with E-state index in [1.165, 1.54) is 12.1 Å². The van der Waals surface area contributed by atoms with Gasteiger partial charge in [-0.2, -0.15) is 5.10 Å². The summed E-state index contributed by atoms with van der Waals surface area (Å²) in [6, 6.07) is 16.8. The van der Waals surface area contributed by atoms with Crippen LogP contribution in [0.15, 0.2) is 71.8 Å². The van der Waals surface area contributed by atoms with Crippen molar-refractivity contribution >= 4 is 17.4 Å². The lowest BCUT2D eigenvalue weighted by molar-refractivity contribution is 0.0696. The van der Waals surface area contributed by atoms with Crippen molar-refractivity contribution in [2.75, 3.05) is 5.43 Å². The van der Waals surface area contributed by atoms with E-state index in [4.69, 9.17) is 0 Å². The first kappa shape index (κ1) is 18.3. The zero-order valence-electron chi connectivity index (χ0n) is 14.4. The van der Waals surface area contributed by atoms with E-state index >= 15 is 0 Å². The molecule has 0 unspecified atom stereocenters. The van der Waals surface area contributed by atoms with Crippen LogP contribution >= 0.6 is 0 Å². The molecule has 0 atom stereocenters. The fourth-order valence-electron chi connectivity index (χ4n) is 2.56. The standard InChI is InChI=1S/C21H16F2N2O2/c1-13-6-8-14(9-7-13)20(16-4-2-3-5-17(16)21(26)27)25-24-19-11-10-15(22)12-18(19)23/h2-12,24H,1H3,(H,26,27)/b25-20+. The number of benzene rings is 3. The lowest BCUT2D eigenvalue weighted by Crippen LogP contribution is -2.12. The van der Waals surface area contributed by atoms with Crippen molar-refractivity contribution in [3.8, 4) is 0 Å². The molecule has 3 aromatic carbocycles. The predicted molar refractivity (Wildman–Crippen MR) is 100 cm³/mol. The van der Waals surface area contributed by atoms with Gasteiger partial charge in [-0.1, -0.05) is 48.0 Å². The van der Waals surface area contributed by atoms with Gasteiger partial charge in [-0.05, 0) is 25.1 Å². The number of rotatable bonds is 5. The van der Waals surface area contributed by atoms with Gasteiger partial charge in [-0.25, -0.2) is 13.6 Å². The third kappa shape index (κ3) is 4.17. The van der Waals surface area contributed by atoms with E-state index in [1.807, 2.05) is 19.1 Å². The number of nitrogens with one attached hydrogen (secondary N) is 1. The van der Waals surface area contributed by atoms with Gasteiger partial charge in [0, 0.05) is 17.2 Å². The number of halogens is 2. The van der Waals surface area contributed by atoms with Crippen molar-refractivity contribution in [1.82, 2.24) is 0 Å². The van der Waals surface area contributed by atoms with E-state index < -0.39 is 17.6 Å². The minimum Gasteiger partial charge on any atom is -0.478 e. The van der Waals surface area contributed by atoms with Gasteiger partial charge in [0.05, 0.1) is 17.0 Å². The second kappa shape index (κ2) is 7.78. The van der Waals surface area contributed by atoms with E-state index in [0.29, 0.717) is 16.8 Å². The number of carbonyl (C=O) groups is 1. The Labute approximate surface area is 154 Å². The topological polar surface area (TPSA) is 61.7 Å². The molecule has 4 nitrogen and oxygen atoms in total. The number of hydrogen-bond donors (Lipinski definition) is 2. The summed E-state index contributed by atoms with van der Waals surface area (Å²) >= 11 is 0. The SMILES string of the molecule is Cc1ccc(/C(=N\Nc2ccc(F)cc2F)c2ccccc2C(=O)O)cc1. The summed E-state index contributed by atoms with van der Waals surface area (Å²) < 4.78 is 27.0. The Hall–Kier alpha value is -3.54. The van der Waals surface area contributed by atoms with Crippen molar-refractivity contribution in [2.24, 2.45) is 5.10 Å². The maximum Gasteiger partial charge on any atom is 0.336 e. The molecule has 3 aromatic rings. The molecule has 6 heteroatoms. The first-order valence-electron chi connectivity index (χ1n) is 8.14. The summed E-state index contributed by atoms with van der Waals surface area (Å²) in [6.45, 7) is 1.93. The van der Waals surface area contributed by atoms with Crippen LogP contribution in [0.1, 0.15) is 27.0 Å². The van der Waals surface area contributed by atoms with Crippen LogP contribution in [-0.4, -0.2) is 16.8 Å². The summed E-state index contributed by atoms with van der Waals surface area (Å²) in [4.78, 5) is 11.6. The molecule has 0 spiro atoms. The van der Waals surface area contributed by atoms with Crippen molar-refractivity contribution in [1.29, 1.82) is 0 Å².